The first kappa shape index (κ1) is 12.8. The fraction of sp³-hybridized carbons (Fsp3) is 0.188. The summed E-state index contributed by atoms with van der Waals surface area (Å²) in [7, 11) is 0. The number of nitrogens with one attached hydrogen (secondary N) is 1. The molecule has 0 spiro atoms. The maximum absolute atomic E-state index is 8.87. The third kappa shape index (κ3) is 2.43. The van der Waals surface area contributed by atoms with E-state index in [1.165, 1.54) is 5.56 Å². The Morgan fingerprint density at radius 1 is 1.25 bits per heavy atom. The molecule has 20 heavy (non-hydrogen) atoms. The van der Waals surface area contributed by atoms with E-state index in [-0.39, 0.29) is 0 Å². The molecule has 0 radical (unpaired) electrons. The van der Waals surface area contributed by atoms with Crippen molar-refractivity contribution in [1.29, 1.82) is 5.26 Å². The van der Waals surface area contributed by atoms with E-state index in [0.717, 1.165) is 30.8 Å². The molecule has 1 N–H and O–H groups in total. The fourth-order valence-electron chi connectivity index (χ4n) is 2.34. The van der Waals surface area contributed by atoms with Gasteiger partial charge in [0.15, 0.2) is 5.75 Å². The molecule has 4 heteroatoms. The quantitative estimate of drug-likeness (QED) is 0.891. The summed E-state index contributed by atoms with van der Waals surface area (Å²) >= 11 is 6.02. The van der Waals surface area contributed by atoms with E-state index in [9.17, 15) is 0 Å². The predicted molar refractivity (Wildman–Crippen MR) is 79.5 cm³/mol. The molecule has 2 aromatic rings. The summed E-state index contributed by atoms with van der Waals surface area (Å²) in [5, 5.41) is 12.7. The number of anilines is 1. The molecule has 1 aliphatic heterocycles. The number of halogens is 1. The molecule has 100 valence electrons. The fourth-order valence-corrected chi connectivity index (χ4v) is 2.55. The van der Waals surface area contributed by atoms with Crippen molar-refractivity contribution in [2.75, 3.05) is 11.9 Å². The van der Waals surface area contributed by atoms with Gasteiger partial charge in [0.2, 0.25) is 0 Å². The van der Waals surface area contributed by atoms with E-state index < -0.39 is 0 Å². The van der Waals surface area contributed by atoms with Crippen molar-refractivity contribution < 1.29 is 4.74 Å². The lowest BCUT2D eigenvalue weighted by atomic mass is 10.0. The van der Waals surface area contributed by atoms with E-state index in [0.29, 0.717) is 16.3 Å². The highest BCUT2D eigenvalue weighted by atomic mass is 35.5. The van der Waals surface area contributed by atoms with E-state index in [4.69, 9.17) is 21.6 Å². The molecule has 0 unspecified atom stereocenters. The molecule has 0 aliphatic carbocycles. The van der Waals surface area contributed by atoms with Gasteiger partial charge < -0.3 is 10.1 Å². The number of rotatable bonds is 2. The normalized spacial score (nSPS) is 13.0. The van der Waals surface area contributed by atoms with E-state index >= 15 is 0 Å². The first-order chi connectivity index (χ1) is 9.78. The highest BCUT2D eigenvalue weighted by Crippen LogP contribution is 2.35. The lowest BCUT2D eigenvalue weighted by Crippen LogP contribution is -2.12. The van der Waals surface area contributed by atoms with E-state index in [2.05, 4.69) is 11.4 Å². The van der Waals surface area contributed by atoms with Crippen molar-refractivity contribution in [2.45, 2.75) is 12.8 Å². The average molecular weight is 285 g/mol. The van der Waals surface area contributed by atoms with Gasteiger partial charge in [-0.05, 0) is 36.6 Å². The molecule has 0 bridgehead atoms. The molecule has 0 saturated carbocycles. The highest BCUT2D eigenvalue weighted by molar-refractivity contribution is 6.31. The summed E-state index contributed by atoms with van der Waals surface area (Å²) in [5.41, 5.74) is 2.78. The monoisotopic (exact) mass is 284 g/mol. The number of fused-ring (bicyclic) bond motifs is 1. The van der Waals surface area contributed by atoms with Crippen LogP contribution in [-0.2, 0) is 6.42 Å². The van der Waals surface area contributed by atoms with Crippen LogP contribution in [0.2, 0.25) is 5.02 Å². The van der Waals surface area contributed by atoms with Crippen molar-refractivity contribution in [3.8, 4) is 17.6 Å². The zero-order valence-electron chi connectivity index (χ0n) is 10.8. The van der Waals surface area contributed by atoms with Gasteiger partial charge in [-0.2, -0.15) is 5.26 Å². The highest BCUT2D eigenvalue weighted by Gasteiger charge is 2.14. The lowest BCUT2D eigenvalue weighted by molar-refractivity contribution is 0.482. The number of hydrogen-bond donors (Lipinski definition) is 1. The van der Waals surface area contributed by atoms with Crippen LogP contribution in [0, 0.1) is 11.3 Å². The number of hydrogen-bond acceptors (Lipinski definition) is 3. The number of ether oxygens (including phenoxy) is 1. The minimum Gasteiger partial charge on any atom is -0.455 e. The number of aryl methyl sites for hydroxylation is 1. The molecular weight excluding hydrogens is 272 g/mol. The van der Waals surface area contributed by atoms with Crippen molar-refractivity contribution >= 4 is 17.3 Å². The van der Waals surface area contributed by atoms with Gasteiger partial charge >= 0.3 is 0 Å². The SMILES string of the molecule is N#Cc1ccc(Oc2cccc3c2NCCC3)cc1Cl. The van der Waals surface area contributed by atoms with Gasteiger partial charge in [0.05, 0.1) is 16.3 Å². The standard InChI is InChI=1S/C16H13ClN2O/c17-14-9-13(7-6-12(14)10-18)20-15-5-1-3-11-4-2-8-19-16(11)15/h1,3,5-7,9,19H,2,4,8H2. The van der Waals surface area contributed by atoms with Crippen molar-refractivity contribution in [2.24, 2.45) is 0 Å². The second-order valence-electron chi connectivity index (χ2n) is 4.68. The molecule has 0 amide bonds. The summed E-state index contributed by atoms with van der Waals surface area (Å²) in [6, 6.07) is 13.2. The van der Waals surface area contributed by atoms with Gasteiger partial charge in [-0.25, -0.2) is 0 Å². The maximum atomic E-state index is 8.87. The first-order valence-corrected chi connectivity index (χ1v) is 6.89. The van der Waals surface area contributed by atoms with Crippen molar-refractivity contribution in [3.63, 3.8) is 0 Å². The van der Waals surface area contributed by atoms with Crippen LogP contribution >= 0.6 is 11.6 Å². The molecule has 3 nitrogen and oxygen atoms in total. The Labute approximate surface area is 122 Å². The maximum Gasteiger partial charge on any atom is 0.150 e. The van der Waals surface area contributed by atoms with Crippen LogP contribution in [-0.4, -0.2) is 6.54 Å². The van der Waals surface area contributed by atoms with Crippen LogP contribution in [0.3, 0.4) is 0 Å². The minimum atomic E-state index is 0.405. The number of para-hydroxylation sites is 1. The summed E-state index contributed by atoms with van der Waals surface area (Å²) in [6.45, 7) is 0.960. The molecular formula is C16H13ClN2O. The van der Waals surface area contributed by atoms with Crippen LogP contribution < -0.4 is 10.1 Å². The third-order valence-corrected chi connectivity index (χ3v) is 3.64. The van der Waals surface area contributed by atoms with Gasteiger partial charge in [-0.3, -0.25) is 0 Å². The zero-order valence-corrected chi connectivity index (χ0v) is 11.6. The van der Waals surface area contributed by atoms with Crippen LogP contribution in [0.5, 0.6) is 11.5 Å². The smallest absolute Gasteiger partial charge is 0.150 e. The molecule has 0 fully saturated rings. The second kappa shape index (κ2) is 5.44. The zero-order chi connectivity index (χ0) is 13.9. The Morgan fingerprint density at radius 2 is 2.15 bits per heavy atom. The molecule has 1 heterocycles. The molecule has 0 saturated heterocycles. The Morgan fingerprint density at radius 3 is 2.95 bits per heavy atom. The number of nitrogens with zero attached hydrogens (tertiary/aromatic N) is 1. The summed E-state index contributed by atoms with van der Waals surface area (Å²) < 4.78 is 5.90. The Balaban J connectivity index is 1.92. The Bertz CT molecular complexity index is 691. The summed E-state index contributed by atoms with van der Waals surface area (Å²) in [4.78, 5) is 0. The van der Waals surface area contributed by atoms with E-state index in [1.54, 1.807) is 18.2 Å². The second-order valence-corrected chi connectivity index (χ2v) is 5.08. The van der Waals surface area contributed by atoms with Crippen molar-refractivity contribution in [1.82, 2.24) is 0 Å². The average Bonchev–Trinajstić information content (AvgIpc) is 2.48. The summed E-state index contributed by atoms with van der Waals surface area (Å²) in [5.74, 6) is 1.43. The topological polar surface area (TPSA) is 45.0 Å². The Hall–Kier alpha value is -2.18. The van der Waals surface area contributed by atoms with Gasteiger partial charge in [0.1, 0.15) is 11.8 Å². The van der Waals surface area contributed by atoms with Crippen LogP contribution in [0.1, 0.15) is 17.5 Å². The van der Waals surface area contributed by atoms with Crippen molar-refractivity contribution in [3.05, 3.63) is 52.5 Å². The number of benzene rings is 2. The van der Waals surface area contributed by atoms with Crippen LogP contribution in [0.25, 0.3) is 0 Å². The molecule has 0 atom stereocenters. The third-order valence-electron chi connectivity index (χ3n) is 3.33. The predicted octanol–water partition coefficient (Wildman–Crippen LogP) is 4.36. The Kier molecular flexibility index (Phi) is 3.49. The van der Waals surface area contributed by atoms with E-state index in [1.807, 2.05) is 18.2 Å². The van der Waals surface area contributed by atoms with Gasteiger partial charge in [0.25, 0.3) is 0 Å². The van der Waals surface area contributed by atoms with Gasteiger partial charge in [-0.15, -0.1) is 0 Å². The molecule has 0 aromatic heterocycles. The van der Waals surface area contributed by atoms with Gasteiger partial charge in [-0.1, -0.05) is 23.7 Å². The lowest BCUT2D eigenvalue weighted by Gasteiger charge is -2.21. The summed E-state index contributed by atoms with van der Waals surface area (Å²) in [6.07, 6.45) is 2.20. The molecule has 2 aromatic carbocycles. The van der Waals surface area contributed by atoms with Crippen LogP contribution in [0.15, 0.2) is 36.4 Å². The first-order valence-electron chi connectivity index (χ1n) is 6.51. The van der Waals surface area contributed by atoms with Crippen LogP contribution in [0.4, 0.5) is 5.69 Å². The minimum absolute atomic E-state index is 0.405. The number of nitriles is 1. The van der Waals surface area contributed by atoms with Gasteiger partial charge in [0, 0.05) is 12.6 Å². The largest absolute Gasteiger partial charge is 0.455 e. The molecule has 3 rings (SSSR count). The molecule has 1 aliphatic rings.